The quantitative estimate of drug-likeness (QED) is 0.362. The summed E-state index contributed by atoms with van der Waals surface area (Å²) in [5, 5.41) is 4.04. The second-order valence-corrected chi connectivity index (χ2v) is 5.75. The molecule has 0 spiro atoms. The molecule has 3 heteroatoms. The van der Waals surface area contributed by atoms with Crippen molar-refractivity contribution in [1.82, 2.24) is 0 Å². The van der Waals surface area contributed by atoms with Gasteiger partial charge in [0.1, 0.15) is 5.75 Å². The normalized spacial score (nSPS) is 10.9. The number of carbonyl (C=O) groups excluding carboxylic acids is 1. The Kier molecular flexibility index (Phi) is 4.20. The van der Waals surface area contributed by atoms with Crippen LogP contribution in [-0.4, -0.2) is 12.8 Å². The number of ether oxygens (including phenoxy) is 2. The zero-order valence-electron chi connectivity index (χ0n) is 13.7. The average molecular weight is 308 g/mol. The molecule has 0 fully saturated rings. The summed E-state index contributed by atoms with van der Waals surface area (Å²) >= 11 is 0. The molecule has 3 aromatic carbocycles. The van der Waals surface area contributed by atoms with Crippen LogP contribution in [0.3, 0.4) is 0 Å². The zero-order valence-corrected chi connectivity index (χ0v) is 13.7. The first-order valence-corrected chi connectivity index (χ1v) is 7.88. The van der Waals surface area contributed by atoms with E-state index in [1.165, 1.54) is 0 Å². The smallest absolute Gasteiger partial charge is 0.434 e. The van der Waals surface area contributed by atoms with Crippen LogP contribution in [0.1, 0.15) is 24.5 Å². The molecular formula is C20H20O3. The van der Waals surface area contributed by atoms with Crippen molar-refractivity contribution in [2.45, 2.75) is 27.2 Å². The molecule has 3 rings (SSSR count). The summed E-state index contributed by atoms with van der Waals surface area (Å²) < 4.78 is 10.7. The molecule has 0 heterocycles. The molecule has 0 atom stereocenters. The number of carbonyl (C=O) groups is 1. The van der Waals surface area contributed by atoms with E-state index >= 15 is 0 Å². The maximum absolute atomic E-state index is 12.0. The van der Waals surface area contributed by atoms with Gasteiger partial charge in [0.05, 0.1) is 6.61 Å². The predicted octanol–water partition coefficient (Wildman–Crippen LogP) is 5.54. The summed E-state index contributed by atoms with van der Waals surface area (Å²) in [6.45, 7) is 6.41. The molecule has 0 saturated heterocycles. The van der Waals surface area contributed by atoms with Gasteiger partial charge < -0.3 is 9.47 Å². The van der Waals surface area contributed by atoms with Gasteiger partial charge in [-0.25, -0.2) is 4.79 Å². The Morgan fingerprint density at radius 2 is 1.74 bits per heavy atom. The lowest BCUT2D eigenvalue weighted by Gasteiger charge is -2.15. The van der Waals surface area contributed by atoms with Crippen LogP contribution in [0.15, 0.2) is 42.5 Å². The highest BCUT2D eigenvalue weighted by Crippen LogP contribution is 2.38. The van der Waals surface area contributed by atoms with Gasteiger partial charge in [-0.2, -0.15) is 0 Å². The van der Waals surface area contributed by atoms with Gasteiger partial charge in [-0.05, 0) is 48.2 Å². The Bertz CT molecular complexity index is 881. The van der Waals surface area contributed by atoms with Gasteiger partial charge in [0.2, 0.25) is 0 Å². The van der Waals surface area contributed by atoms with Crippen molar-refractivity contribution < 1.29 is 14.3 Å². The molecular weight excluding hydrogens is 288 g/mol. The third-order valence-electron chi connectivity index (χ3n) is 4.01. The minimum Gasteiger partial charge on any atom is -0.434 e. The van der Waals surface area contributed by atoms with Gasteiger partial charge in [0.15, 0.2) is 0 Å². The van der Waals surface area contributed by atoms with E-state index in [4.69, 9.17) is 9.47 Å². The minimum absolute atomic E-state index is 0.361. The number of hydrogen-bond acceptors (Lipinski definition) is 3. The molecule has 3 nitrogen and oxygen atoms in total. The highest BCUT2D eigenvalue weighted by Gasteiger charge is 2.16. The predicted molar refractivity (Wildman–Crippen MR) is 93.2 cm³/mol. The van der Waals surface area contributed by atoms with Crippen LogP contribution in [0.4, 0.5) is 4.79 Å². The Hall–Kier alpha value is -2.55. The standard InChI is InChI=1S/C20H20O3/c1-4-11-22-20(21)23-19-16-8-6-5-7-15(16)12-17-13(2)9-10-14(3)18(17)19/h5-10,12H,4,11H2,1-3H3. The molecule has 3 aromatic rings. The highest BCUT2D eigenvalue weighted by molar-refractivity contribution is 6.08. The van der Waals surface area contributed by atoms with Crippen molar-refractivity contribution in [3.8, 4) is 5.75 Å². The van der Waals surface area contributed by atoms with Crippen LogP contribution < -0.4 is 4.74 Å². The second-order valence-electron chi connectivity index (χ2n) is 5.75. The van der Waals surface area contributed by atoms with E-state index in [0.29, 0.717) is 12.4 Å². The zero-order chi connectivity index (χ0) is 16.4. The molecule has 0 aliphatic rings. The van der Waals surface area contributed by atoms with E-state index in [1.54, 1.807) is 0 Å². The summed E-state index contributed by atoms with van der Waals surface area (Å²) in [4.78, 5) is 12.0. The van der Waals surface area contributed by atoms with Crippen molar-refractivity contribution in [3.63, 3.8) is 0 Å². The van der Waals surface area contributed by atoms with Crippen molar-refractivity contribution in [1.29, 1.82) is 0 Å². The SMILES string of the molecule is CCCOC(=O)Oc1c2ccccc2cc2c(C)ccc(C)c12. The largest absolute Gasteiger partial charge is 0.513 e. The number of benzene rings is 3. The lowest BCUT2D eigenvalue weighted by Crippen LogP contribution is -2.11. The van der Waals surface area contributed by atoms with Crippen molar-refractivity contribution in [3.05, 3.63) is 53.6 Å². The molecule has 118 valence electrons. The van der Waals surface area contributed by atoms with E-state index in [-0.39, 0.29) is 0 Å². The molecule has 23 heavy (non-hydrogen) atoms. The molecule has 0 bridgehead atoms. The minimum atomic E-state index is -0.648. The highest BCUT2D eigenvalue weighted by atomic mass is 16.7. The number of rotatable bonds is 3. The summed E-state index contributed by atoms with van der Waals surface area (Å²) in [5.41, 5.74) is 2.23. The lowest BCUT2D eigenvalue weighted by atomic mass is 9.96. The molecule has 0 N–H and O–H groups in total. The maximum atomic E-state index is 12.0. The second kappa shape index (κ2) is 6.29. The third-order valence-corrected chi connectivity index (χ3v) is 4.01. The summed E-state index contributed by atoms with van der Waals surface area (Å²) in [7, 11) is 0. The first kappa shape index (κ1) is 15.3. The van der Waals surface area contributed by atoms with Gasteiger partial charge in [0.25, 0.3) is 0 Å². The van der Waals surface area contributed by atoms with E-state index in [1.807, 2.05) is 38.1 Å². The fraction of sp³-hybridized carbons (Fsp3) is 0.250. The van der Waals surface area contributed by atoms with E-state index in [2.05, 4.69) is 25.1 Å². The number of fused-ring (bicyclic) bond motifs is 2. The topological polar surface area (TPSA) is 35.5 Å². The van der Waals surface area contributed by atoms with Crippen LogP contribution in [0.2, 0.25) is 0 Å². The van der Waals surface area contributed by atoms with Crippen LogP contribution in [0.5, 0.6) is 5.75 Å². The van der Waals surface area contributed by atoms with Crippen molar-refractivity contribution >= 4 is 27.7 Å². The molecule has 0 aliphatic heterocycles. The first-order valence-electron chi connectivity index (χ1n) is 7.88. The van der Waals surface area contributed by atoms with Crippen LogP contribution in [0.25, 0.3) is 21.5 Å². The molecule has 0 unspecified atom stereocenters. The Morgan fingerprint density at radius 3 is 2.52 bits per heavy atom. The third kappa shape index (κ3) is 2.87. The van der Waals surface area contributed by atoms with E-state index < -0.39 is 6.16 Å². The first-order chi connectivity index (χ1) is 11.1. The average Bonchev–Trinajstić information content (AvgIpc) is 2.56. The Labute approximate surface area is 135 Å². The van der Waals surface area contributed by atoms with Crippen LogP contribution in [0, 0.1) is 13.8 Å². The maximum Gasteiger partial charge on any atom is 0.513 e. The van der Waals surface area contributed by atoms with Gasteiger partial charge in [-0.15, -0.1) is 0 Å². The van der Waals surface area contributed by atoms with Crippen molar-refractivity contribution in [2.75, 3.05) is 6.61 Å². The number of aryl methyl sites for hydroxylation is 2. The van der Waals surface area contributed by atoms with E-state index in [9.17, 15) is 4.79 Å². The fourth-order valence-corrected chi connectivity index (χ4v) is 2.84. The van der Waals surface area contributed by atoms with Crippen molar-refractivity contribution in [2.24, 2.45) is 0 Å². The van der Waals surface area contributed by atoms with Gasteiger partial charge in [-0.1, -0.05) is 43.3 Å². The van der Waals surface area contributed by atoms with Gasteiger partial charge in [-0.3, -0.25) is 0 Å². The molecule has 0 radical (unpaired) electrons. The molecule has 0 saturated carbocycles. The van der Waals surface area contributed by atoms with Crippen LogP contribution >= 0.6 is 0 Å². The summed E-state index contributed by atoms with van der Waals surface area (Å²) in [6.07, 6.45) is 0.120. The lowest BCUT2D eigenvalue weighted by molar-refractivity contribution is 0.100. The van der Waals surface area contributed by atoms with E-state index in [0.717, 1.165) is 39.1 Å². The Morgan fingerprint density at radius 1 is 1.00 bits per heavy atom. The molecule has 0 amide bonds. The van der Waals surface area contributed by atoms with Crippen LogP contribution in [-0.2, 0) is 4.74 Å². The summed E-state index contributed by atoms with van der Waals surface area (Å²) in [6, 6.07) is 14.2. The van der Waals surface area contributed by atoms with Gasteiger partial charge >= 0.3 is 6.16 Å². The molecule has 0 aromatic heterocycles. The monoisotopic (exact) mass is 308 g/mol. The summed E-state index contributed by atoms with van der Waals surface area (Å²) in [5.74, 6) is 0.584. The number of hydrogen-bond donors (Lipinski definition) is 0. The fourth-order valence-electron chi connectivity index (χ4n) is 2.84. The van der Waals surface area contributed by atoms with Gasteiger partial charge in [0, 0.05) is 10.8 Å². The Balaban J connectivity index is 2.25. The molecule has 0 aliphatic carbocycles.